The fourth-order valence-corrected chi connectivity index (χ4v) is 6.14. The van der Waals surface area contributed by atoms with Crippen LogP contribution in [0.3, 0.4) is 0 Å². The Bertz CT molecular complexity index is 2160. The summed E-state index contributed by atoms with van der Waals surface area (Å²) in [6, 6.07) is 57.8. The molecule has 0 aliphatic heterocycles. The van der Waals surface area contributed by atoms with Gasteiger partial charge in [0.15, 0.2) is 0 Å². The van der Waals surface area contributed by atoms with Crippen LogP contribution in [0.1, 0.15) is 0 Å². The van der Waals surface area contributed by atoms with Crippen LogP contribution in [0.5, 0.6) is 0 Å². The van der Waals surface area contributed by atoms with Crippen molar-refractivity contribution in [3.8, 4) is 22.3 Å². The summed E-state index contributed by atoms with van der Waals surface area (Å²) in [5, 5.41) is 4.68. The molecule has 0 aliphatic rings. The van der Waals surface area contributed by atoms with Gasteiger partial charge in [-0.2, -0.15) is 0 Å². The van der Waals surface area contributed by atoms with E-state index < -0.39 is 0 Å². The minimum Gasteiger partial charge on any atom is -0.456 e. The molecule has 0 unspecified atom stereocenters. The number of rotatable bonds is 5. The van der Waals surface area contributed by atoms with Gasteiger partial charge in [0.1, 0.15) is 11.2 Å². The quantitative estimate of drug-likeness (QED) is 0.217. The number of hydrogen-bond donors (Lipinski definition) is 0. The Morgan fingerprint density at radius 1 is 0.381 bits per heavy atom. The third kappa shape index (κ3) is 4.05. The van der Waals surface area contributed by atoms with Crippen LogP contribution in [0.15, 0.2) is 168 Å². The molecule has 2 heteroatoms. The monoisotopic (exact) mass is 537 g/mol. The lowest BCUT2D eigenvalue weighted by Gasteiger charge is -2.28. The van der Waals surface area contributed by atoms with Crippen molar-refractivity contribution >= 4 is 49.8 Å². The van der Waals surface area contributed by atoms with Gasteiger partial charge in [-0.05, 0) is 69.9 Å². The Kier molecular flexibility index (Phi) is 5.82. The first-order chi connectivity index (χ1) is 20.8. The highest BCUT2D eigenvalue weighted by Crippen LogP contribution is 2.48. The smallest absolute Gasteiger partial charge is 0.136 e. The maximum absolute atomic E-state index is 6.52. The zero-order valence-corrected chi connectivity index (χ0v) is 22.9. The second kappa shape index (κ2) is 10.1. The zero-order chi connectivity index (χ0) is 27.9. The van der Waals surface area contributed by atoms with Gasteiger partial charge in [-0.15, -0.1) is 0 Å². The fourth-order valence-electron chi connectivity index (χ4n) is 6.14. The summed E-state index contributed by atoms with van der Waals surface area (Å²) in [6.45, 7) is 0. The summed E-state index contributed by atoms with van der Waals surface area (Å²) in [4.78, 5) is 2.36. The lowest BCUT2D eigenvalue weighted by molar-refractivity contribution is 0.669. The Balaban J connectivity index is 1.44. The van der Waals surface area contributed by atoms with Crippen LogP contribution in [0.4, 0.5) is 17.1 Å². The van der Waals surface area contributed by atoms with Crippen molar-refractivity contribution in [1.82, 2.24) is 0 Å². The van der Waals surface area contributed by atoms with Gasteiger partial charge in [0.2, 0.25) is 0 Å². The third-order valence-electron chi connectivity index (χ3n) is 8.06. The van der Waals surface area contributed by atoms with E-state index in [4.69, 9.17) is 4.42 Å². The molecule has 1 heterocycles. The van der Waals surface area contributed by atoms with E-state index >= 15 is 0 Å². The molecule has 1 aromatic heterocycles. The van der Waals surface area contributed by atoms with Crippen molar-refractivity contribution < 1.29 is 4.42 Å². The summed E-state index contributed by atoms with van der Waals surface area (Å²) in [6.07, 6.45) is 0. The molecule has 0 radical (unpaired) electrons. The van der Waals surface area contributed by atoms with Crippen LogP contribution < -0.4 is 4.90 Å². The Morgan fingerprint density at radius 3 is 1.67 bits per heavy atom. The molecule has 7 aromatic carbocycles. The van der Waals surface area contributed by atoms with Crippen molar-refractivity contribution in [2.24, 2.45) is 0 Å². The van der Waals surface area contributed by atoms with Crippen molar-refractivity contribution in [2.45, 2.75) is 0 Å². The van der Waals surface area contributed by atoms with Gasteiger partial charge >= 0.3 is 0 Å². The molecular weight excluding hydrogens is 510 g/mol. The average Bonchev–Trinajstić information content (AvgIpc) is 3.46. The standard InChI is InChI=1S/C40H27NO/c1-4-12-28(13-5-1)29-20-23-33(24-21-29)41(32-17-8-3-9-18-32)35-25-27-37-40(38(35)31-15-6-2-7-16-31)39-34-19-11-10-14-30(34)22-26-36(39)42-37/h1-27H. The second-order valence-corrected chi connectivity index (χ2v) is 10.5. The lowest BCUT2D eigenvalue weighted by Crippen LogP contribution is -2.11. The first-order valence-corrected chi connectivity index (χ1v) is 14.3. The predicted molar refractivity (Wildman–Crippen MR) is 177 cm³/mol. The van der Waals surface area contributed by atoms with Gasteiger partial charge in [0.05, 0.1) is 5.69 Å². The van der Waals surface area contributed by atoms with Gasteiger partial charge in [0.25, 0.3) is 0 Å². The maximum atomic E-state index is 6.52. The maximum Gasteiger partial charge on any atom is 0.136 e. The van der Waals surface area contributed by atoms with Gasteiger partial charge in [-0.25, -0.2) is 0 Å². The van der Waals surface area contributed by atoms with Crippen LogP contribution in [0.25, 0.3) is 55.0 Å². The minimum atomic E-state index is 0.886. The molecule has 0 amide bonds. The molecule has 2 nitrogen and oxygen atoms in total. The van der Waals surface area contributed by atoms with Crippen LogP contribution in [-0.2, 0) is 0 Å². The normalized spacial score (nSPS) is 11.3. The van der Waals surface area contributed by atoms with Crippen LogP contribution in [0.2, 0.25) is 0 Å². The molecule has 0 fully saturated rings. The molecule has 0 saturated carbocycles. The van der Waals surface area contributed by atoms with Crippen molar-refractivity contribution in [3.05, 3.63) is 164 Å². The van der Waals surface area contributed by atoms with Crippen molar-refractivity contribution in [2.75, 3.05) is 4.90 Å². The van der Waals surface area contributed by atoms with E-state index in [2.05, 4.69) is 169 Å². The van der Waals surface area contributed by atoms with Crippen molar-refractivity contribution in [1.29, 1.82) is 0 Å². The number of nitrogens with zero attached hydrogens (tertiary/aromatic N) is 1. The minimum absolute atomic E-state index is 0.886. The predicted octanol–water partition coefficient (Wildman–Crippen LogP) is 11.5. The molecule has 0 saturated heterocycles. The van der Waals surface area contributed by atoms with Crippen LogP contribution in [-0.4, -0.2) is 0 Å². The average molecular weight is 538 g/mol. The summed E-state index contributed by atoms with van der Waals surface area (Å²) >= 11 is 0. The van der Waals surface area contributed by atoms with Crippen molar-refractivity contribution in [3.63, 3.8) is 0 Å². The molecule has 0 atom stereocenters. The number of hydrogen-bond acceptors (Lipinski definition) is 2. The molecule has 0 bridgehead atoms. The summed E-state index contributed by atoms with van der Waals surface area (Å²) in [5.41, 5.74) is 9.77. The number of benzene rings is 7. The van der Waals surface area contributed by atoms with E-state index in [1.165, 1.54) is 21.9 Å². The summed E-state index contributed by atoms with van der Waals surface area (Å²) in [5.74, 6) is 0. The van der Waals surface area contributed by atoms with E-state index in [-0.39, 0.29) is 0 Å². The Morgan fingerprint density at radius 2 is 0.929 bits per heavy atom. The molecule has 198 valence electrons. The molecule has 42 heavy (non-hydrogen) atoms. The van der Waals surface area contributed by atoms with E-state index in [9.17, 15) is 0 Å². The highest BCUT2D eigenvalue weighted by atomic mass is 16.3. The summed E-state index contributed by atoms with van der Waals surface area (Å²) in [7, 11) is 0. The largest absolute Gasteiger partial charge is 0.456 e. The van der Waals surface area contributed by atoms with Crippen LogP contribution in [0, 0.1) is 0 Å². The van der Waals surface area contributed by atoms with Gasteiger partial charge in [-0.3, -0.25) is 0 Å². The van der Waals surface area contributed by atoms with Gasteiger partial charge < -0.3 is 9.32 Å². The Hall–Kier alpha value is -5.60. The number of fused-ring (bicyclic) bond motifs is 5. The third-order valence-corrected chi connectivity index (χ3v) is 8.06. The van der Waals surface area contributed by atoms with E-state index in [1.807, 2.05) is 0 Å². The highest BCUT2D eigenvalue weighted by molar-refractivity contribution is 6.24. The SMILES string of the molecule is c1ccc(-c2ccc(N(c3ccccc3)c3ccc4oc5ccc6ccccc6c5c4c3-c3ccccc3)cc2)cc1. The molecule has 8 aromatic rings. The van der Waals surface area contributed by atoms with E-state index in [1.54, 1.807) is 0 Å². The zero-order valence-electron chi connectivity index (χ0n) is 22.9. The van der Waals surface area contributed by atoms with Gasteiger partial charge in [-0.1, -0.05) is 121 Å². The molecule has 0 N–H and O–H groups in total. The van der Waals surface area contributed by atoms with Crippen LogP contribution >= 0.6 is 0 Å². The topological polar surface area (TPSA) is 16.4 Å². The van der Waals surface area contributed by atoms with E-state index in [0.29, 0.717) is 0 Å². The molecule has 0 spiro atoms. The second-order valence-electron chi connectivity index (χ2n) is 10.5. The van der Waals surface area contributed by atoms with Gasteiger partial charge in [0, 0.05) is 27.7 Å². The first-order valence-electron chi connectivity index (χ1n) is 14.3. The lowest BCUT2D eigenvalue weighted by atomic mass is 9.94. The molecular formula is C40H27NO. The highest BCUT2D eigenvalue weighted by Gasteiger charge is 2.23. The Labute approximate surface area is 244 Å². The molecule has 8 rings (SSSR count). The molecule has 0 aliphatic carbocycles. The first kappa shape index (κ1) is 24.2. The van der Waals surface area contributed by atoms with E-state index in [0.717, 1.165) is 50.1 Å². The number of furan rings is 1. The number of anilines is 3. The number of para-hydroxylation sites is 1. The fraction of sp³-hybridized carbons (Fsp3) is 0. The summed E-state index contributed by atoms with van der Waals surface area (Å²) < 4.78 is 6.52.